The number of hydrogen-bond acceptors (Lipinski definition) is 5. The van der Waals surface area contributed by atoms with E-state index in [4.69, 9.17) is 4.74 Å². The molecule has 0 aromatic carbocycles. The number of pyridine rings is 1. The lowest BCUT2D eigenvalue weighted by atomic mass is 10.1. The van der Waals surface area contributed by atoms with E-state index in [1.807, 2.05) is 4.90 Å². The highest BCUT2D eigenvalue weighted by molar-refractivity contribution is 5.93. The fraction of sp³-hybridized carbons (Fsp3) is 0.667. The summed E-state index contributed by atoms with van der Waals surface area (Å²) in [5, 5.41) is 3.01. The van der Waals surface area contributed by atoms with Gasteiger partial charge in [-0.15, -0.1) is 0 Å². The third kappa shape index (κ3) is 5.25. The average molecular weight is 402 g/mol. The van der Waals surface area contributed by atoms with Gasteiger partial charge < -0.3 is 19.9 Å². The Kier molecular flexibility index (Phi) is 6.30. The molecule has 3 heterocycles. The molecule has 0 unspecified atom stereocenters. The second kappa shape index (κ2) is 9.09. The summed E-state index contributed by atoms with van der Waals surface area (Å²) in [6.07, 6.45) is 6.49. The van der Waals surface area contributed by atoms with Crippen LogP contribution in [0.2, 0.25) is 0 Å². The molecule has 2 aliphatic heterocycles. The third-order valence-corrected chi connectivity index (χ3v) is 6.26. The molecular formula is C21H30N4O4. The van der Waals surface area contributed by atoms with Crippen LogP contribution in [0.1, 0.15) is 42.5 Å². The van der Waals surface area contributed by atoms with Gasteiger partial charge in [-0.3, -0.25) is 19.3 Å². The molecule has 2 amide bonds. The molecule has 158 valence electrons. The molecule has 0 radical (unpaired) electrons. The van der Waals surface area contributed by atoms with Crippen LogP contribution in [0.25, 0.3) is 0 Å². The van der Waals surface area contributed by atoms with Crippen LogP contribution in [0.4, 0.5) is 0 Å². The van der Waals surface area contributed by atoms with Crippen LogP contribution in [0.3, 0.4) is 0 Å². The van der Waals surface area contributed by atoms with Crippen molar-refractivity contribution in [2.24, 2.45) is 5.92 Å². The topological polar surface area (TPSA) is 94.7 Å². The number of likely N-dealkylation sites (tertiary alicyclic amines) is 1. The Morgan fingerprint density at radius 3 is 2.55 bits per heavy atom. The summed E-state index contributed by atoms with van der Waals surface area (Å²) in [6, 6.07) is 3.40. The van der Waals surface area contributed by atoms with Gasteiger partial charge in [-0.2, -0.15) is 0 Å². The van der Waals surface area contributed by atoms with Crippen molar-refractivity contribution in [3.05, 3.63) is 34.2 Å². The van der Waals surface area contributed by atoms with E-state index < -0.39 is 0 Å². The minimum absolute atomic E-state index is 0.180. The molecule has 1 aliphatic carbocycles. The maximum absolute atomic E-state index is 12.7. The number of hydrogen-bond donors (Lipinski definition) is 2. The molecule has 1 aromatic rings. The molecule has 0 spiro atoms. The molecule has 2 saturated heterocycles. The molecule has 1 aromatic heterocycles. The number of nitrogens with zero attached hydrogens (tertiary/aromatic N) is 2. The Labute approximate surface area is 170 Å². The van der Waals surface area contributed by atoms with Gasteiger partial charge in [-0.1, -0.05) is 0 Å². The van der Waals surface area contributed by atoms with E-state index in [1.54, 1.807) is 0 Å². The summed E-state index contributed by atoms with van der Waals surface area (Å²) < 4.78 is 5.35. The number of carbonyl (C=O) groups is 2. The number of rotatable bonds is 7. The monoisotopic (exact) mass is 402 g/mol. The van der Waals surface area contributed by atoms with Crippen molar-refractivity contribution in [2.75, 3.05) is 39.4 Å². The maximum Gasteiger partial charge on any atom is 0.252 e. The van der Waals surface area contributed by atoms with Gasteiger partial charge in [-0.05, 0) is 37.7 Å². The Morgan fingerprint density at radius 2 is 1.86 bits per heavy atom. The van der Waals surface area contributed by atoms with Crippen LogP contribution in [-0.4, -0.2) is 78.1 Å². The zero-order valence-corrected chi connectivity index (χ0v) is 16.8. The molecule has 3 fully saturated rings. The second-order valence-electron chi connectivity index (χ2n) is 8.37. The fourth-order valence-corrected chi connectivity index (χ4v) is 4.36. The Bertz CT molecular complexity index is 765. The van der Waals surface area contributed by atoms with Crippen molar-refractivity contribution in [3.63, 3.8) is 0 Å². The third-order valence-electron chi connectivity index (χ3n) is 6.26. The normalized spacial score (nSPS) is 25.2. The first-order chi connectivity index (χ1) is 14.1. The number of morpholine rings is 1. The van der Waals surface area contributed by atoms with Crippen molar-refractivity contribution in [2.45, 2.75) is 44.2 Å². The minimum Gasteiger partial charge on any atom is -0.378 e. The van der Waals surface area contributed by atoms with Gasteiger partial charge in [0.05, 0.1) is 18.8 Å². The largest absolute Gasteiger partial charge is 0.378 e. The second-order valence-corrected chi connectivity index (χ2v) is 8.37. The van der Waals surface area contributed by atoms with Gasteiger partial charge in [0.1, 0.15) is 0 Å². The van der Waals surface area contributed by atoms with Gasteiger partial charge in [0.2, 0.25) is 11.5 Å². The lowest BCUT2D eigenvalue weighted by molar-refractivity contribution is -0.136. The highest BCUT2D eigenvalue weighted by atomic mass is 16.5. The summed E-state index contributed by atoms with van der Waals surface area (Å²) in [7, 11) is 0. The summed E-state index contributed by atoms with van der Waals surface area (Å²) in [5.41, 5.74) is 0.233. The van der Waals surface area contributed by atoms with E-state index in [2.05, 4.69) is 15.2 Å². The van der Waals surface area contributed by atoms with Crippen molar-refractivity contribution in [3.8, 4) is 0 Å². The quantitative estimate of drug-likeness (QED) is 0.696. The zero-order chi connectivity index (χ0) is 20.2. The first kappa shape index (κ1) is 20.1. The van der Waals surface area contributed by atoms with E-state index in [0.29, 0.717) is 44.8 Å². The van der Waals surface area contributed by atoms with Crippen molar-refractivity contribution in [1.82, 2.24) is 20.1 Å². The smallest absolute Gasteiger partial charge is 0.252 e. The zero-order valence-electron chi connectivity index (χ0n) is 16.8. The van der Waals surface area contributed by atoms with Gasteiger partial charge >= 0.3 is 0 Å². The molecule has 3 aliphatic rings. The van der Waals surface area contributed by atoms with E-state index in [-0.39, 0.29) is 29.5 Å². The molecule has 0 bridgehead atoms. The Hall–Kier alpha value is -2.19. The number of aromatic amines is 1. The summed E-state index contributed by atoms with van der Waals surface area (Å²) in [6.45, 7) is 4.20. The van der Waals surface area contributed by atoms with E-state index in [1.165, 1.54) is 31.2 Å². The summed E-state index contributed by atoms with van der Waals surface area (Å²) in [5.74, 6) is 0.768. The van der Waals surface area contributed by atoms with Crippen LogP contribution < -0.4 is 10.9 Å². The molecular weight excluding hydrogens is 372 g/mol. The highest BCUT2D eigenvalue weighted by Crippen LogP contribution is 2.35. The first-order valence-electron chi connectivity index (χ1n) is 10.7. The van der Waals surface area contributed by atoms with Crippen LogP contribution in [0.15, 0.2) is 23.1 Å². The minimum atomic E-state index is -0.222. The summed E-state index contributed by atoms with van der Waals surface area (Å²) >= 11 is 0. The molecule has 8 heteroatoms. The van der Waals surface area contributed by atoms with Crippen LogP contribution in [0.5, 0.6) is 0 Å². The number of H-pyrrole nitrogens is 1. The molecule has 2 atom stereocenters. The predicted molar refractivity (Wildman–Crippen MR) is 108 cm³/mol. The molecule has 4 rings (SSSR count). The Morgan fingerprint density at radius 1 is 1.10 bits per heavy atom. The maximum atomic E-state index is 12.7. The molecule has 8 nitrogen and oxygen atoms in total. The predicted octanol–water partition coefficient (Wildman–Crippen LogP) is 0.597. The number of nitrogens with one attached hydrogen (secondary N) is 2. The van der Waals surface area contributed by atoms with Gasteiger partial charge in [0, 0.05) is 56.9 Å². The van der Waals surface area contributed by atoms with Gasteiger partial charge in [0.25, 0.3) is 5.91 Å². The van der Waals surface area contributed by atoms with Crippen LogP contribution in [-0.2, 0) is 9.53 Å². The first-order valence-corrected chi connectivity index (χ1v) is 10.7. The van der Waals surface area contributed by atoms with Crippen LogP contribution in [0, 0.1) is 5.92 Å². The summed E-state index contributed by atoms with van der Waals surface area (Å²) in [4.78, 5) is 43.2. The van der Waals surface area contributed by atoms with Crippen molar-refractivity contribution < 1.29 is 14.3 Å². The number of ether oxygens (including phenoxy) is 1. The fourth-order valence-electron chi connectivity index (χ4n) is 4.36. The highest BCUT2D eigenvalue weighted by Gasteiger charge is 2.38. The standard InChI is InChI=1S/C21H30N4O4/c26-19-6-3-16(12-22-19)21(28)23-13-18-5-4-17(25(18)14-15-1-2-15)11-20(27)24-7-9-29-10-8-24/h3,6,12,15,17-18H,1-2,4-5,7-11,13-14H2,(H,22,26)(H,23,28)/t17-,18+/m1/s1. The van der Waals surface area contributed by atoms with Gasteiger partial charge in [0.15, 0.2) is 0 Å². The SMILES string of the molecule is O=C(NC[C@@H]1CC[C@H](CC(=O)N2CCOCC2)N1CC1CC1)c1ccc(=O)[nH]c1. The molecule has 1 saturated carbocycles. The van der Waals surface area contributed by atoms with E-state index in [9.17, 15) is 14.4 Å². The van der Waals surface area contributed by atoms with Crippen LogP contribution >= 0.6 is 0 Å². The molecule has 2 N–H and O–H groups in total. The number of amides is 2. The Balaban J connectivity index is 1.33. The lowest BCUT2D eigenvalue weighted by Crippen LogP contribution is -2.47. The van der Waals surface area contributed by atoms with Crippen molar-refractivity contribution in [1.29, 1.82) is 0 Å². The number of carbonyl (C=O) groups excluding carboxylic acids is 2. The molecule has 29 heavy (non-hydrogen) atoms. The van der Waals surface area contributed by atoms with E-state index in [0.717, 1.165) is 25.3 Å². The van der Waals surface area contributed by atoms with E-state index >= 15 is 0 Å². The average Bonchev–Trinajstić information content (AvgIpc) is 3.49. The van der Waals surface area contributed by atoms with Gasteiger partial charge in [-0.25, -0.2) is 0 Å². The van der Waals surface area contributed by atoms with Crippen molar-refractivity contribution >= 4 is 11.8 Å². The number of aromatic nitrogens is 1. The lowest BCUT2D eigenvalue weighted by Gasteiger charge is -2.33.